The maximum atomic E-state index is 13.2. The lowest BCUT2D eigenvalue weighted by Crippen LogP contribution is -2.48. The lowest BCUT2D eigenvalue weighted by molar-refractivity contribution is -0.0512. The molecule has 1 unspecified atom stereocenters. The van der Waals surface area contributed by atoms with E-state index in [4.69, 9.17) is 9.47 Å². The molecule has 0 saturated carbocycles. The number of amides is 1. The number of benzene rings is 2. The Morgan fingerprint density at radius 1 is 1.11 bits per heavy atom. The smallest absolute Gasteiger partial charge is 0.387 e. The normalized spacial score (nSPS) is 16.8. The number of piperazine rings is 1. The van der Waals surface area contributed by atoms with Crippen LogP contribution >= 0.6 is 0 Å². The molecule has 1 aliphatic rings. The number of hydrogen-bond acceptors (Lipinski definition) is 5. The number of para-hydroxylation sites is 1. The Labute approximate surface area is 162 Å². The molecule has 6 nitrogen and oxygen atoms in total. The minimum atomic E-state index is -3.01. The summed E-state index contributed by atoms with van der Waals surface area (Å²) in [6, 6.07) is 11.5. The summed E-state index contributed by atoms with van der Waals surface area (Å²) in [6.45, 7) is -1.35. The van der Waals surface area contributed by atoms with E-state index in [2.05, 4.69) is 10.1 Å². The van der Waals surface area contributed by atoms with Gasteiger partial charge in [-0.1, -0.05) is 18.2 Å². The van der Waals surface area contributed by atoms with Gasteiger partial charge in [-0.25, -0.2) is 0 Å². The second-order valence-electron chi connectivity index (χ2n) is 6.20. The lowest BCUT2D eigenvalue weighted by atomic mass is 10.0. The fourth-order valence-corrected chi connectivity index (χ4v) is 3.33. The van der Waals surface area contributed by atoms with Gasteiger partial charge in [0.05, 0.1) is 20.3 Å². The monoisotopic (exact) mass is 392 g/mol. The first-order valence-corrected chi connectivity index (χ1v) is 8.82. The molecule has 28 heavy (non-hydrogen) atoms. The molecule has 0 aromatic heterocycles. The molecule has 1 atom stereocenters. The maximum Gasteiger partial charge on any atom is 0.387 e. The molecule has 0 radical (unpaired) electrons. The van der Waals surface area contributed by atoms with E-state index in [-0.39, 0.29) is 29.0 Å². The largest absolute Gasteiger partial charge is 0.496 e. The molecule has 2 aromatic rings. The molecule has 1 heterocycles. The van der Waals surface area contributed by atoms with Crippen LogP contribution in [0.2, 0.25) is 0 Å². The van der Waals surface area contributed by atoms with Crippen LogP contribution < -0.4 is 19.5 Å². The van der Waals surface area contributed by atoms with E-state index in [1.807, 2.05) is 24.3 Å². The summed E-state index contributed by atoms with van der Waals surface area (Å²) in [7, 11) is 2.93. The molecular formula is C20H22F2N2O4. The van der Waals surface area contributed by atoms with E-state index >= 15 is 0 Å². The Bertz CT molecular complexity index is 832. The SMILES string of the molecule is COc1ccc(C(=O)N2CCNCC2c2ccccc2OC)cc1OC(F)F. The van der Waals surface area contributed by atoms with Gasteiger partial charge in [-0.15, -0.1) is 0 Å². The summed E-state index contributed by atoms with van der Waals surface area (Å²) in [5.74, 6) is 0.371. The van der Waals surface area contributed by atoms with Crippen molar-refractivity contribution in [3.05, 3.63) is 53.6 Å². The van der Waals surface area contributed by atoms with E-state index in [9.17, 15) is 13.6 Å². The number of nitrogens with zero attached hydrogens (tertiary/aromatic N) is 1. The van der Waals surface area contributed by atoms with Gasteiger partial charge in [0, 0.05) is 30.8 Å². The third-order valence-electron chi connectivity index (χ3n) is 4.63. The Balaban J connectivity index is 1.93. The highest BCUT2D eigenvalue weighted by atomic mass is 19.3. The van der Waals surface area contributed by atoms with Crippen molar-refractivity contribution in [2.45, 2.75) is 12.7 Å². The molecule has 1 saturated heterocycles. The van der Waals surface area contributed by atoms with Gasteiger partial charge in [0.15, 0.2) is 11.5 Å². The van der Waals surface area contributed by atoms with Crippen molar-refractivity contribution in [1.82, 2.24) is 10.2 Å². The van der Waals surface area contributed by atoms with Gasteiger partial charge in [-0.05, 0) is 24.3 Å². The van der Waals surface area contributed by atoms with Crippen molar-refractivity contribution in [1.29, 1.82) is 0 Å². The fraction of sp³-hybridized carbons (Fsp3) is 0.350. The zero-order chi connectivity index (χ0) is 20.1. The quantitative estimate of drug-likeness (QED) is 0.819. The summed E-state index contributed by atoms with van der Waals surface area (Å²) in [4.78, 5) is 14.9. The van der Waals surface area contributed by atoms with Crippen LogP contribution in [0.1, 0.15) is 22.0 Å². The summed E-state index contributed by atoms with van der Waals surface area (Å²) in [5.41, 5.74) is 1.13. The second-order valence-corrected chi connectivity index (χ2v) is 6.20. The standard InChI is InChI=1S/C20H22F2N2O4/c1-26-16-6-4-3-5-14(16)15-12-23-9-10-24(15)19(25)13-7-8-17(27-2)18(11-13)28-20(21)22/h3-8,11,15,20,23H,9-10,12H2,1-2H3. The van der Waals surface area contributed by atoms with Crippen LogP contribution in [0, 0.1) is 0 Å². The number of nitrogens with one attached hydrogen (secondary N) is 1. The van der Waals surface area contributed by atoms with Crippen LogP contribution in [0.4, 0.5) is 8.78 Å². The molecule has 3 rings (SSSR count). The van der Waals surface area contributed by atoms with Gasteiger partial charge >= 0.3 is 6.61 Å². The molecule has 0 aliphatic carbocycles. The number of carbonyl (C=O) groups excluding carboxylic acids is 1. The molecule has 150 valence electrons. The number of methoxy groups -OCH3 is 2. The number of hydrogen-bond donors (Lipinski definition) is 1. The lowest BCUT2D eigenvalue weighted by Gasteiger charge is -2.37. The first-order valence-electron chi connectivity index (χ1n) is 8.82. The zero-order valence-electron chi connectivity index (χ0n) is 15.7. The topological polar surface area (TPSA) is 60.0 Å². The van der Waals surface area contributed by atoms with Crippen LogP contribution in [-0.2, 0) is 0 Å². The Hall–Kier alpha value is -2.87. The number of rotatable bonds is 6. The molecule has 1 N–H and O–H groups in total. The molecule has 2 aromatic carbocycles. The first kappa shape index (κ1) is 19.9. The third kappa shape index (κ3) is 4.17. The molecular weight excluding hydrogens is 370 g/mol. The minimum absolute atomic E-state index is 0.137. The minimum Gasteiger partial charge on any atom is -0.496 e. The van der Waals surface area contributed by atoms with E-state index < -0.39 is 6.61 Å². The Morgan fingerprint density at radius 3 is 2.57 bits per heavy atom. The molecule has 1 amide bonds. The molecule has 0 spiro atoms. The van der Waals surface area contributed by atoms with Crippen molar-refractivity contribution in [3.8, 4) is 17.2 Å². The van der Waals surface area contributed by atoms with E-state index in [0.29, 0.717) is 25.4 Å². The summed E-state index contributed by atoms with van der Waals surface area (Å²) >= 11 is 0. The first-order chi connectivity index (χ1) is 13.5. The fourth-order valence-electron chi connectivity index (χ4n) is 3.33. The average molecular weight is 392 g/mol. The number of alkyl halides is 2. The number of ether oxygens (including phenoxy) is 3. The number of carbonyl (C=O) groups is 1. The van der Waals surface area contributed by atoms with Gasteiger partial charge in [-0.2, -0.15) is 8.78 Å². The van der Waals surface area contributed by atoms with Crippen molar-refractivity contribution in [2.75, 3.05) is 33.9 Å². The molecule has 1 fully saturated rings. The highest BCUT2D eigenvalue weighted by molar-refractivity contribution is 5.95. The highest BCUT2D eigenvalue weighted by Crippen LogP contribution is 2.33. The maximum absolute atomic E-state index is 13.2. The Kier molecular flexibility index (Phi) is 6.30. The van der Waals surface area contributed by atoms with Gasteiger partial charge in [0.1, 0.15) is 5.75 Å². The second kappa shape index (κ2) is 8.88. The summed E-state index contributed by atoms with van der Waals surface area (Å²) < 4.78 is 40.4. The average Bonchev–Trinajstić information content (AvgIpc) is 2.72. The summed E-state index contributed by atoms with van der Waals surface area (Å²) in [5, 5.41) is 3.28. The van der Waals surface area contributed by atoms with E-state index in [0.717, 1.165) is 5.56 Å². The van der Waals surface area contributed by atoms with Crippen LogP contribution in [0.5, 0.6) is 17.2 Å². The van der Waals surface area contributed by atoms with Crippen molar-refractivity contribution in [2.24, 2.45) is 0 Å². The zero-order valence-corrected chi connectivity index (χ0v) is 15.7. The van der Waals surface area contributed by atoms with Crippen LogP contribution in [0.15, 0.2) is 42.5 Å². The van der Waals surface area contributed by atoms with Crippen molar-refractivity contribution >= 4 is 5.91 Å². The van der Waals surface area contributed by atoms with E-state index in [1.165, 1.54) is 19.2 Å². The molecule has 0 bridgehead atoms. The Morgan fingerprint density at radius 2 is 1.86 bits per heavy atom. The third-order valence-corrected chi connectivity index (χ3v) is 4.63. The van der Waals surface area contributed by atoms with Gasteiger partial charge < -0.3 is 24.4 Å². The predicted molar refractivity (Wildman–Crippen MR) is 99.3 cm³/mol. The van der Waals surface area contributed by atoms with Gasteiger partial charge in [0.2, 0.25) is 0 Å². The highest BCUT2D eigenvalue weighted by Gasteiger charge is 2.31. The number of halogens is 2. The van der Waals surface area contributed by atoms with Crippen LogP contribution in [-0.4, -0.2) is 51.3 Å². The van der Waals surface area contributed by atoms with Crippen LogP contribution in [0.3, 0.4) is 0 Å². The summed E-state index contributed by atoms with van der Waals surface area (Å²) in [6.07, 6.45) is 0. The van der Waals surface area contributed by atoms with Crippen molar-refractivity contribution in [3.63, 3.8) is 0 Å². The molecule has 8 heteroatoms. The molecule has 1 aliphatic heterocycles. The van der Waals surface area contributed by atoms with Crippen molar-refractivity contribution < 1.29 is 27.8 Å². The van der Waals surface area contributed by atoms with Gasteiger partial charge in [-0.3, -0.25) is 4.79 Å². The van der Waals surface area contributed by atoms with Crippen LogP contribution in [0.25, 0.3) is 0 Å². The van der Waals surface area contributed by atoms with Gasteiger partial charge in [0.25, 0.3) is 5.91 Å². The van der Waals surface area contributed by atoms with E-state index in [1.54, 1.807) is 18.1 Å². The predicted octanol–water partition coefficient (Wildman–Crippen LogP) is 3.09.